The molecule has 4 aromatic rings. The summed E-state index contributed by atoms with van der Waals surface area (Å²) < 4.78 is 29.2. The summed E-state index contributed by atoms with van der Waals surface area (Å²) in [6.07, 6.45) is 2.91. The first-order valence-corrected chi connectivity index (χ1v) is 13.4. The number of carbonyl (C=O) groups excluding carboxylic acids is 1. The topological polar surface area (TPSA) is 59.4 Å². The smallest absolute Gasteiger partial charge is 0.273 e. The molecule has 0 radical (unpaired) electrons. The molecule has 0 aliphatic heterocycles. The van der Waals surface area contributed by atoms with Crippen LogP contribution in [0, 0.1) is 0 Å². The van der Waals surface area contributed by atoms with Gasteiger partial charge in [-0.2, -0.15) is 0 Å². The largest absolute Gasteiger partial charge is 0.344 e. The molecule has 8 heteroatoms. The van der Waals surface area contributed by atoms with Crippen LogP contribution in [-0.4, -0.2) is 31.1 Å². The number of sulfonamides is 1. The fourth-order valence-electron chi connectivity index (χ4n) is 3.58. The van der Waals surface area contributed by atoms with Gasteiger partial charge in [-0.05, 0) is 36.1 Å². The highest BCUT2D eigenvalue weighted by Crippen LogP contribution is 2.35. The fourth-order valence-corrected chi connectivity index (χ4v) is 6.93. The Morgan fingerprint density at radius 2 is 1.84 bits per heavy atom. The van der Waals surface area contributed by atoms with Crippen LogP contribution in [-0.2, 0) is 27.1 Å². The number of benzene rings is 2. The Bertz CT molecular complexity index is 1320. The lowest BCUT2D eigenvalue weighted by molar-refractivity contribution is -0.109. The minimum absolute atomic E-state index is 0.297. The van der Waals surface area contributed by atoms with Crippen molar-refractivity contribution in [3.05, 3.63) is 83.9 Å². The monoisotopic (exact) mass is 484 g/mol. The van der Waals surface area contributed by atoms with Gasteiger partial charge in [0.05, 0.1) is 16.0 Å². The third-order valence-electron chi connectivity index (χ3n) is 5.36. The van der Waals surface area contributed by atoms with Gasteiger partial charge in [0.25, 0.3) is 10.0 Å². The number of hydrogen-bond acceptors (Lipinski definition) is 5. The molecule has 0 aliphatic rings. The van der Waals surface area contributed by atoms with E-state index in [2.05, 4.69) is 0 Å². The summed E-state index contributed by atoms with van der Waals surface area (Å²) in [5.74, 6) is 0.717. The van der Waals surface area contributed by atoms with E-state index in [0.717, 1.165) is 28.5 Å². The molecule has 2 aromatic carbocycles. The van der Waals surface area contributed by atoms with E-state index >= 15 is 0 Å². The van der Waals surface area contributed by atoms with Crippen molar-refractivity contribution in [1.82, 2.24) is 4.57 Å². The van der Waals surface area contributed by atoms with Crippen LogP contribution in [0.3, 0.4) is 0 Å². The summed E-state index contributed by atoms with van der Waals surface area (Å²) >= 11 is 2.78. The number of aromatic nitrogens is 1. The highest BCUT2D eigenvalue weighted by Gasteiger charge is 2.28. The second-order valence-electron chi connectivity index (χ2n) is 7.77. The zero-order chi connectivity index (χ0) is 22.8. The van der Waals surface area contributed by atoms with Gasteiger partial charge in [0.15, 0.2) is 0 Å². The Hall–Kier alpha value is -2.55. The molecule has 5 nitrogen and oxygen atoms in total. The molecule has 0 saturated heterocycles. The minimum Gasteiger partial charge on any atom is -0.344 e. The van der Waals surface area contributed by atoms with Gasteiger partial charge in [0.1, 0.15) is 10.5 Å². The van der Waals surface area contributed by atoms with Crippen LogP contribution in [0.25, 0.3) is 10.9 Å². The van der Waals surface area contributed by atoms with Crippen LogP contribution in [0.15, 0.2) is 82.5 Å². The second kappa shape index (κ2) is 9.13. The Kier molecular flexibility index (Phi) is 6.46. The van der Waals surface area contributed by atoms with Crippen molar-refractivity contribution in [2.24, 2.45) is 0 Å². The molecule has 1 atom stereocenters. The minimum atomic E-state index is -3.67. The van der Waals surface area contributed by atoms with Crippen LogP contribution < -0.4 is 4.31 Å². The van der Waals surface area contributed by atoms with Gasteiger partial charge >= 0.3 is 0 Å². The highest BCUT2D eigenvalue weighted by molar-refractivity contribution is 8.00. The van der Waals surface area contributed by atoms with E-state index in [0.29, 0.717) is 16.4 Å². The standard InChI is InChI=1S/C24H24N2O3S3/c1-24(18-27,31-16-19-8-4-3-5-9-19)17-26-14-13-20-10-6-11-21(23(20)26)25(2)32(28,29)22-12-7-15-30-22/h3-15,18H,16-17H2,1-2H3. The Morgan fingerprint density at radius 3 is 2.53 bits per heavy atom. The van der Waals surface area contributed by atoms with Crippen molar-refractivity contribution in [1.29, 1.82) is 0 Å². The summed E-state index contributed by atoms with van der Waals surface area (Å²) in [5.41, 5.74) is 2.54. The molecule has 2 aromatic heterocycles. The first kappa shape index (κ1) is 22.6. The van der Waals surface area contributed by atoms with E-state index < -0.39 is 14.8 Å². The zero-order valence-corrected chi connectivity index (χ0v) is 20.3. The molecule has 0 amide bonds. The van der Waals surface area contributed by atoms with E-state index in [-0.39, 0.29) is 0 Å². The molecular weight excluding hydrogens is 460 g/mol. The van der Waals surface area contributed by atoms with Crippen molar-refractivity contribution in [3.8, 4) is 0 Å². The number of para-hydroxylation sites is 1. The maximum absolute atomic E-state index is 13.1. The van der Waals surface area contributed by atoms with Crippen molar-refractivity contribution >= 4 is 56.0 Å². The van der Waals surface area contributed by atoms with Gasteiger partial charge in [-0.15, -0.1) is 23.1 Å². The number of rotatable bonds is 9. The first-order valence-electron chi connectivity index (χ1n) is 10.1. The van der Waals surface area contributed by atoms with E-state index in [9.17, 15) is 13.2 Å². The van der Waals surface area contributed by atoms with Gasteiger partial charge in [0, 0.05) is 30.9 Å². The molecule has 2 heterocycles. The number of aldehydes is 1. The predicted octanol–water partition coefficient (Wildman–Crippen LogP) is 5.42. The van der Waals surface area contributed by atoms with E-state index in [4.69, 9.17) is 0 Å². The van der Waals surface area contributed by atoms with Gasteiger partial charge in [0.2, 0.25) is 0 Å². The number of thiophene rings is 1. The molecule has 166 valence electrons. The molecule has 0 spiro atoms. The summed E-state index contributed by atoms with van der Waals surface area (Å²) in [6.45, 7) is 2.36. The number of fused-ring (bicyclic) bond motifs is 1. The second-order valence-corrected chi connectivity index (χ2v) is 12.4. The summed E-state index contributed by atoms with van der Waals surface area (Å²) in [7, 11) is -2.09. The van der Waals surface area contributed by atoms with E-state index in [1.54, 1.807) is 42.4 Å². The molecule has 1 unspecified atom stereocenters. The SMILES string of the molecule is CN(c1cccc2ccn(CC(C)(C=O)SCc3ccccc3)c12)S(=O)(=O)c1cccs1. The number of thioether (sulfide) groups is 1. The number of nitrogens with zero attached hydrogens (tertiary/aromatic N) is 2. The molecule has 0 fully saturated rings. The van der Waals surface area contributed by atoms with Crippen LogP contribution in [0.5, 0.6) is 0 Å². The lowest BCUT2D eigenvalue weighted by Gasteiger charge is -2.26. The molecular formula is C24H24N2O3S3. The van der Waals surface area contributed by atoms with Gasteiger partial charge in [-0.3, -0.25) is 4.31 Å². The summed E-state index contributed by atoms with van der Waals surface area (Å²) in [6, 6.07) is 21.0. The Labute approximate surface area is 196 Å². The van der Waals surface area contributed by atoms with Crippen LogP contribution in [0.4, 0.5) is 5.69 Å². The van der Waals surface area contributed by atoms with Crippen molar-refractivity contribution in [3.63, 3.8) is 0 Å². The Morgan fingerprint density at radius 1 is 1.06 bits per heavy atom. The summed E-state index contributed by atoms with van der Waals surface area (Å²) in [5, 5.41) is 2.68. The van der Waals surface area contributed by atoms with E-state index in [1.165, 1.54) is 15.6 Å². The number of hydrogen-bond donors (Lipinski definition) is 0. The molecule has 32 heavy (non-hydrogen) atoms. The molecule has 0 bridgehead atoms. The molecule has 0 saturated carbocycles. The lowest BCUT2D eigenvalue weighted by Crippen LogP contribution is -2.30. The molecule has 0 N–H and O–H groups in total. The van der Waals surface area contributed by atoms with Crippen LogP contribution >= 0.6 is 23.1 Å². The normalized spacial score (nSPS) is 13.7. The maximum atomic E-state index is 13.1. The fraction of sp³-hybridized carbons (Fsp3) is 0.208. The summed E-state index contributed by atoms with van der Waals surface area (Å²) in [4.78, 5) is 12.1. The first-order chi connectivity index (χ1) is 15.3. The van der Waals surface area contributed by atoms with Crippen molar-refractivity contribution in [2.45, 2.75) is 28.2 Å². The predicted molar refractivity (Wildman–Crippen MR) is 134 cm³/mol. The molecule has 0 aliphatic carbocycles. The number of carbonyl (C=O) groups is 1. The third-order valence-corrected chi connectivity index (χ3v) is 9.87. The Balaban J connectivity index is 1.67. The van der Waals surface area contributed by atoms with Crippen LogP contribution in [0.1, 0.15) is 12.5 Å². The lowest BCUT2D eigenvalue weighted by atomic mass is 10.2. The van der Waals surface area contributed by atoms with Gasteiger partial charge in [-0.1, -0.05) is 48.5 Å². The van der Waals surface area contributed by atoms with Crippen molar-refractivity contribution < 1.29 is 13.2 Å². The van der Waals surface area contributed by atoms with Gasteiger partial charge in [-0.25, -0.2) is 8.42 Å². The van der Waals surface area contributed by atoms with Crippen LogP contribution in [0.2, 0.25) is 0 Å². The van der Waals surface area contributed by atoms with Gasteiger partial charge < -0.3 is 9.36 Å². The van der Waals surface area contributed by atoms with E-state index in [1.807, 2.05) is 66.2 Å². The third kappa shape index (κ3) is 4.48. The molecule has 4 rings (SSSR count). The number of anilines is 1. The quantitative estimate of drug-likeness (QED) is 0.298. The van der Waals surface area contributed by atoms with Crippen molar-refractivity contribution in [2.75, 3.05) is 11.4 Å². The average Bonchev–Trinajstić information content (AvgIpc) is 3.49. The average molecular weight is 485 g/mol. The zero-order valence-electron chi connectivity index (χ0n) is 17.8. The highest BCUT2D eigenvalue weighted by atomic mass is 32.2. The maximum Gasteiger partial charge on any atom is 0.273 e.